The summed E-state index contributed by atoms with van der Waals surface area (Å²) in [7, 11) is 0. The van der Waals surface area contributed by atoms with Crippen LogP contribution in [-0.2, 0) is 11.2 Å². The first-order valence-corrected chi connectivity index (χ1v) is 9.05. The largest absolute Gasteiger partial charge is 0.463 e. The molecule has 1 aliphatic heterocycles. The summed E-state index contributed by atoms with van der Waals surface area (Å²) in [6.45, 7) is 0.542. The number of nitrogens with one attached hydrogen (secondary N) is 1. The number of carbonyl (C=O) groups is 1. The third-order valence-electron chi connectivity index (χ3n) is 4.47. The van der Waals surface area contributed by atoms with Crippen molar-refractivity contribution >= 4 is 28.7 Å². The molecule has 1 atom stereocenters. The zero-order valence-corrected chi connectivity index (χ0v) is 15.2. The minimum Gasteiger partial charge on any atom is -0.463 e. The number of aliphatic imine (C=N–C) groups is 1. The van der Waals surface area contributed by atoms with Gasteiger partial charge in [-0.2, -0.15) is 0 Å². The number of hydrogen-bond donors (Lipinski definition) is 2. The number of aromatic nitrogens is 1. The van der Waals surface area contributed by atoms with E-state index in [0.717, 1.165) is 29.3 Å². The first-order chi connectivity index (χ1) is 13.7. The molecule has 0 saturated carbocycles. The summed E-state index contributed by atoms with van der Waals surface area (Å²) < 4.78 is 10.4. The Labute approximate surface area is 162 Å². The summed E-state index contributed by atoms with van der Waals surface area (Å²) in [4.78, 5) is 20.7. The number of benzene rings is 2. The molecule has 2 heterocycles. The van der Waals surface area contributed by atoms with Crippen LogP contribution >= 0.6 is 0 Å². The Hall–Kier alpha value is -3.61. The summed E-state index contributed by atoms with van der Waals surface area (Å²) in [6, 6.07) is 19.2. The van der Waals surface area contributed by atoms with Crippen molar-refractivity contribution in [3.05, 3.63) is 66.2 Å². The number of ether oxygens (including phenoxy) is 2. The molecule has 28 heavy (non-hydrogen) atoms. The van der Waals surface area contributed by atoms with Crippen LogP contribution in [0, 0.1) is 0 Å². The van der Waals surface area contributed by atoms with E-state index < -0.39 is 6.09 Å². The van der Waals surface area contributed by atoms with Gasteiger partial charge in [-0.05, 0) is 42.7 Å². The molecule has 3 N–H and O–H groups in total. The van der Waals surface area contributed by atoms with Gasteiger partial charge in [-0.25, -0.2) is 14.8 Å². The van der Waals surface area contributed by atoms with Gasteiger partial charge in [0.15, 0.2) is 0 Å². The summed E-state index contributed by atoms with van der Waals surface area (Å²) in [5.74, 6) is 0.256. The Bertz CT molecular complexity index is 1020. The maximum atomic E-state index is 12.1. The van der Waals surface area contributed by atoms with Crippen LogP contribution in [-0.4, -0.2) is 29.7 Å². The van der Waals surface area contributed by atoms with Gasteiger partial charge >= 0.3 is 6.09 Å². The molecule has 0 fully saturated rings. The monoisotopic (exact) mass is 376 g/mol. The topological polar surface area (TPSA) is 98.8 Å². The van der Waals surface area contributed by atoms with Crippen molar-refractivity contribution in [3.63, 3.8) is 0 Å². The zero-order valence-electron chi connectivity index (χ0n) is 15.2. The lowest BCUT2D eigenvalue weighted by Gasteiger charge is -2.08. The van der Waals surface area contributed by atoms with Gasteiger partial charge in [0, 0.05) is 17.1 Å². The Balaban J connectivity index is 1.31. The Morgan fingerprint density at radius 1 is 1.14 bits per heavy atom. The number of amidine groups is 1. The lowest BCUT2D eigenvalue weighted by atomic mass is 10.1. The fraction of sp³-hybridized carbons (Fsp3) is 0.190. The molecule has 3 aromatic rings. The van der Waals surface area contributed by atoms with E-state index in [1.54, 1.807) is 6.07 Å². The molecule has 7 heteroatoms. The highest BCUT2D eigenvalue weighted by molar-refractivity contribution is 5.86. The number of rotatable bonds is 5. The molecule has 0 spiro atoms. The highest BCUT2D eigenvalue weighted by Crippen LogP contribution is 2.18. The van der Waals surface area contributed by atoms with Crippen LogP contribution in [0.15, 0.2) is 65.7 Å². The van der Waals surface area contributed by atoms with Gasteiger partial charge in [0.25, 0.3) is 6.02 Å². The van der Waals surface area contributed by atoms with Gasteiger partial charge < -0.3 is 15.2 Å². The number of nitrogens with two attached hydrogens (primary N) is 1. The summed E-state index contributed by atoms with van der Waals surface area (Å²) in [5.41, 5.74) is 8.09. The molecule has 0 radical (unpaired) electrons. The summed E-state index contributed by atoms with van der Waals surface area (Å²) in [6.07, 6.45) is 1.14. The van der Waals surface area contributed by atoms with Crippen LogP contribution in [0.2, 0.25) is 0 Å². The quantitative estimate of drug-likeness (QED) is 0.710. The molecule has 1 aromatic heterocycles. The van der Waals surface area contributed by atoms with Crippen LogP contribution in [0.5, 0.6) is 5.88 Å². The number of fused-ring (bicyclic) bond motifs is 1. The lowest BCUT2D eigenvalue weighted by Crippen LogP contribution is -2.17. The van der Waals surface area contributed by atoms with E-state index in [9.17, 15) is 4.79 Å². The molecular weight excluding hydrogens is 356 g/mol. The molecule has 142 valence electrons. The summed E-state index contributed by atoms with van der Waals surface area (Å²) in [5, 5.41) is 3.70. The van der Waals surface area contributed by atoms with Gasteiger partial charge in [-0.1, -0.05) is 30.3 Å². The number of para-hydroxylation sites is 1. The van der Waals surface area contributed by atoms with Gasteiger partial charge in [0.1, 0.15) is 6.61 Å². The number of pyridine rings is 1. The second-order valence-corrected chi connectivity index (χ2v) is 6.52. The zero-order chi connectivity index (χ0) is 19.3. The lowest BCUT2D eigenvalue weighted by molar-refractivity contribution is 0.213. The fourth-order valence-electron chi connectivity index (χ4n) is 3.01. The Morgan fingerprint density at radius 2 is 1.96 bits per heavy atom. The first-order valence-electron chi connectivity index (χ1n) is 9.05. The standard InChI is InChI=1S/C21H20N4O3/c22-20-23-17(13-27-20)11-7-14-5-9-16(10-6-14)24-21(26)28-19-12-8-15-3-1-2-4-18(15)25-19/h1-6,8-10,12,17H,7,11,13H2,(H2,22,23)(H,24,26)/t17-/m0/s1. The van der Waals surface area contributed by atoms with Crippen LogP contribution in [0.3, 0.4) is 0 Å². The van der Waals surface area contributed by atoms with Crippen molar-refractivity contribution in [3.8, 4) is 5.88 Å². The SMILES string of the molecule is NC1=N[C@@H](CCc2ccc(NC(=O)Oc3ccc4ccccc4n3)cc2)CO1. The Kier molecular flexibility index (Phi) is 5.05. The van der Waals surface area contributed by atoms with Crippen LogP contribution in [0.4, 0.5) is 10.5 Å². The molecule has 0 unspecified atom stereocenters. The summed E-state index contributed by atoms with van der Waals surface area (Å²) >= 11 is 0. The molecule has 0 saturated heterocycles. The predicted octanol–water partition coefficient (Wildman–Crippen LogP) is 3.49. The Morgan fingerprint density at radius 3 is 2.75 bits per heavy atom. The number of anilines is 1. The van der Waals surface area contributed by atoms with E-state index in [1.165, 1.54) is 0 Å². The second kappa shape index (κ2) is 7.96. The van der Waals surface area contributed by atoms with Crippen LogP contribution < -0.4 is 15.8 Å². The molecule has 1 aliphatic rings. The highest BCUT2D eigenvalue weighted by atomic mass is 16.6. The number of carbonyl (C=O) groups excluding carboxylic acids is 1. The second-order valence-electron chi connectivity index (χ2n) is 6.52. The van der Waals surface area contributed by atoms with Crippen LogP contribution in [0.25, 0.3) is 10.9 Å². The molecule has 7 nitrogen and oxygen atoms in total. The van der Waals surface area contributed by atoms with Gasteiger partial charge in [0.2, 0.25) is 5.88 Å². The molecule has 0 bridgehead atoms. The molecular formula is C21H20N4O3. The van der Waals surface area contributed by atoms with Crippen molar-refractivity contribution < 1.29 is 14.3 Å². The van der Waals surface area contributed by atoms with Crippen molar-refractivity contribution in [2.75, 3.05) is 11.9 Å². The van der Waals surface area contributed by atoms with E-state index in [1.807, 2.05) is 54.6 Å². The minimum absolute atomic E-state index is 0.113. The number of amides is 1. The van der Waals surface area contributed by atoms with Crippen molar-refractivity contribution in [1.82, 2.24) is 4.98 Å². The average Bonchev–Trinajstić information content (AvgIpc) is 3.12. The smallest absolute Gasteiger partial charge is 0.418 e. The third kappa shape index (κ3) is 4.37. The number of aryl methyl sites for hydroxylation is 1. The average molecular weight is 376 g/mol. The maximum absolute atomic E-state index is 12.1. The van der Waals surface area contributed by atoms with Crippen molar-refractivity contribution in [2.45, 2.75) is 18.9 Å². The predicted molar refractivity (Wildman–Crippen MR) is 108 cm³/mol. The normalized spacial score (nSPS) is 15.7. The molecule has 0 aliphatic carbocycles. The highest BCUT2D eigenvalue weighted by Gasteiger charge is 2.16. The molecule has 4 rings (SSSR count). The fourth-order valence-corrected chi connectivity index (χ4v) is 3.01. The van der Waals surface area contributed by atoms with Gasteiger partial charge in [-0.3, -0.25) is 5.32 Å². The first kappa shape index (κ1) is 17.8. The van der Waals surface area contributed by atoms with Crippen molar-refractivity contribution in [2.24, 2.45) is 10.7 Å². The van der Waals surface area contributed by atoms with Crippen LogP contribution in [0.1, 0.15) is 12.0 Å². The van der Waals surface area contributed by atoms with Crippen molar-refractivity contribution in [1.29, 1.82) is 0 Å². The minimum atomic E-state index is -0.580. The van der Waals surface area contributed by atoms with E-state index in [-0.39, 0.29) is 17.9 Å². The molecule has 1 amide bonds. The van der Waals surface area contributed by atoms with Gasteiger partial charge in [-0.15, -0.1) is 0 Å². The van der Waals surface area contributed by atoms with E-state index in [2.05, 4.69) is 15.3 Å². The van der Waals surface area contributed by atoms with E-state index in [4.69, 9.17) is 15.2 Å². The van der Waals surface area contributed by atoms with Gasteiger partial charge in [0.05, 0.1) is 11.6 Å². The maximum Gasteiger partial charge on any atom is 0.418 e. The van der Waals surface area contributed by atoms with E-state index >= 15 is 0 Å². The number of nitrogens with zero attached hydrogens (tertiary/aromatic N) is 2. The molecule has 2 aromatic carbocycles. The third-order valence-corrected chi connectivity index (χ3v) is 4.47. The number of hydrogen-bond acceptors (Lipinski definition) is 6. The van der Waals surface area contributed by atoms with E-state index in [0.29, 0.717) is 12.3 Å².